The first-order valence-corrected chi connectivity index (χ1v) is 12.9. The highest BCUT2D eigenvalue weighted by atomic mass is 19.1. The van der Waals surface area contributed by atoms with Crippen molar-refractivity contribution in [3.63, 3.8) is 0 Å². The van der Waals surface area contributed by atoms with Crippen molar-refractivity contribution in [3.8, 4) is 11.6 Å². The fraction of sp³-hybridized carbons (Fsp3) is 0.393. The van der Waals surface area contributed by atoms with Crippen LogP contribution in [-0.2, 0) is 6.54 Å². The van der Waals surface area contributed by atoms with E-state index in [9.17, 15) is 4.39 Å². The summed E-state index contributed by atoms with van der Waals surface area (Å²) in [5.74, 6) is 2.41. The summed E-state index contributed by atoms with van der Waals surface area (Å²) < 4.78 is 20.7. The van der Waals surface area contributed by atoms with Crippen LogP contribution in [0.15, 0.2) is 59.4 Å². The molecule has 0 spiro atoms. The Hall–Kier alpha value is -3.52. The molecule has 36 heavy (non-hydrogen) atoms. The minimum Gasteiger partial charge on any atom is -0.461 e. The van der Waals surface area contributed by atoms with Gasteiger partial charge in [-0.05, 0) is 60.6 Å². The first-order chi connectivity index (χ1) is 17.7. The molecule has 1 aromatic carbocycles. The highest BCUT2D eigenvalue weighted by Crippen LogP contribution is 2.27. The summed E-state index contributed by atoms with van der Waals surface area (Å²) in [6.45, 7) is 3.36. The molecule has 1 saturated carbocycles. The summed E-state index contributed by atoms with van der Waals surface area (Å²) in [4.78, 5) is 12.0. The highest BCUT2D eigenvalue weighted by molar-refractivity contribution is 5.66. The zero-order valence-electron chi connectivity index (χ0n) is 20.4. The van der Waals surface area contributed by atoms with Gasteiger partial charge in [0.1, 0.15) is 5.82 Å². The second-order valence-electron chi connectivity index (χ2n) is 9.86. The summed E-state index contributed by atoms with van der Waals surface area (Å²) in [5, 5.41) is 8.30. The molecule has 1 N–H and O–H groups in total. The van der Waals surface area contributed by atoms with Crippen molar-refractivity contribution >= 4 is 17.2 Å². The number of hydrogen-bond donors (Lipinski definition) is 1. The smallest absolute Gasteiger partial charge is 0.225 e. The average Bonchev–Trinajstić information content (AvgIpc) is 3.61. The Labute approximate surface area is 210 Å². The summed E-state index contributed by atoms with van der Waals surface area (Å²) >= 11 is 0. The number of nitrogens with one attached hydrogen (secondary N) is 1. The molecule has 8 heteroatoms. The van der Waals surface area contributed by atoms with Crippen molar-refractivity contribution < 1.29 is 8.81 Å². The first kappa shape index (κ1) is 22.9. The van der Waals surface area contributed by atoms with E-state index in [-0.39, 0.29) is 5.82 Å². The number of hydrogen-bond acceptors (Lipinski definition) is 6. The molecule has 186 valence electrons. The van der Waals surface area contributed by atoms with Gasteiger partial charge in [0.15, 0.2) is 11.4 Å². The predicted octanol–water partition coefficient (Wildman–Crippen LogP) is 5.80. The number of rotatable bonds is 7. The third kappa shape index (κ3) is 4.91. The molecule has 0 bridgehead atoms. The molecule has 6 rings (SSSR count). The second kappa shape index (κ2) is 10.2. The lowest BCUT2D eigenvalue weighted by Gasteiger charge is -2.26. The lowest BCUT2D eigenvalue weighted by atomic mass is 9.89. The Bertz CT molecular complexity index is 1340. The Kier molecular flexibility index (Phi) is 6.51. The lowest BCUT2D eigenvalue weighted by Crippen LogP contribution is -2.28. The van der Waals surface area contributed by atoms with E-state index in [0.29, 0.717) is 17.5 Å². The topological polar surface area (TPSA) is 71.5 Å². The Morgan fingerprint density at radius 3 is 2.69 bits per heavy atom. The van der Waals surface area contributed by atoms with Gasteiger partial charge in [-0.15, -0.1) is 5.10 Å². The monoisotopic (exact) mass is 486 g/mol. The maximum absolute atomic E-state index is 13.3. The molecule has 0 radical (unpaired) electrons. The molecule has 7 nitrogen and oxygen atoms in total. The largest absolute Gasteiger partial charge is 0.461 e. The van der Waals surface area contributed by atoms with E-state index < -0.39 is 0 Å². The predicted molar refractivity (Wildman–Crippen MR) is 138 cm³/mol. The van der Waals surface area contributed by atoms with Crippen LogP contribution in [0.2, 0.25) is 0 Å². The van der Waals surface area contributed by atoms with Crippen molar-refractivity contribution in [3.05, 3.63) is 71.9 Å². The van der Waals surface area contributed by atoms with Crippen LogP contribution >= 0.6 is 0 Å². The number of benzene rings is 1. The average molecular weight is 487 g/mol. The quantitative estimate of drug-likeness (QED) is 0.356. The molecule has 0 atom stereocenters. The fourth-order valence-electron chi connectivity index (χ4n) is 5.31. The van der Waals surface area contributed by atoms with Crippen LogP contribution in [0.4, 0.5) is 10.3 Å². The van der Waals surface area contributed by atoms with E-state index in [4.69, 9.17) is 19.5 Å². The molecule has 4 heterocycles. The van der Waals surface area contributed by atoms with Crippen LogP contribution in [0.3, 0.4) is 0 Å². The minimum absolute atomic E-state index is 0.202. The zero-order chi connectivity index (χ0) is 24.3. The minimum atomic E-state index is -0.202. The van der Waals surface area contributed by atoms with E-state index in [1.54, 1.807) is 6.26 Å². The number of anilines is 1. The highest BCUT2D eigenvalue weighted by Gasteiger charge is 2.20. The third-order valence-electron chi connectivity index (χ3n) is 7.36. The third-order valence-corrected chi connectivity index (χ3v) is 7.36. The number of fused-ring (bicyclic) bond motifs is 1. The van der Waals surface area contributed by atoms with Gasteiger partial charge >= 0.3 is 0 Å². The molecular weight excluding hydrogens is 455 g/mol. The molecular formula is C28H31FN6O. The van der Waals surface area contributed by atoms with Crippen LogP contribution in [0, 0.1) is 11.7 Å². The van der Waals surface area contributed by atoms with Crippen LogP contribution in [0.5, 0.6) is 0 Å². The molecule has 2 aliphatic rings. The Morgan fingerprint density at radius 2 is 1.94 bits per heavy atom. The maximum Gasteiger partial charge on any atom is 0.225 e. The Balaban J connectivity index is 1.23. The molecule has 0 saturated heterocycles. The zero-order valence-corrected chi connectivity index (χ0v) is 20.4. The standard InChI is InChI=1S/C28H31FN6O/c29-24-10-8-21(9-11-24)22-12-14-34(15-13-22)19-23-18-31-28(30-17-20-5-2-1-3-6-20)35-27(23)32-26(33-35)25-7-4-16-36-25/h4,7-12,16,18,20H,1-3,5-6,13-15,17,19H2,(H,30,31). The fourth-order valence-corrected chi connectivity index (χ4v) is 5.31. The normalized spacial score (nSPS) is 17.4. The van der Waals surface area contributed by atoms with Gasteiger partial charge in [-0.25, -0.2) is 14.4 Å². The Morgan fingerprint density at radius 1 is 1.08 bits per heavy atom. The second-order valence-corrected chi connectivity index (χ2v) is 9.86. The molecule has 0 amide bonds. The number of aromatic nitrogens is 4. The molecule has 1 aliphatic carbocycles. The maximum atomic E-state index is 13.3. The number of nitrogens with zero attached hydrogens (tertiary/aromatic N) is 5. The van der Waals surface area contributed by atoms with E-state index >= 15 is 0 Å². The van der Waals surface area contributed by atoms with Crippen LogP contribution in [-0.4, -0.2) is 44.1 Å². The number of halogens is 1. The van der Waals surface area contributed by atoms with Gasteiger partial charge < -0.3 is 9.73 Å². The van der Waals surface area contributed by atoms with Gasteiger partial charge in [-0.1, -0.05) is 37.5 Å². The summed E-state index contributed by atoms with van der Waals surface area (Å²) in [5.41, 5.74) is 4.19. The molecule has 4 aromatic rings. The number of furan rings is 1. The van der Waals surface area contributed by atoms with Crippen LogP contribution in [0.25, 0.3) is 22.8 Å². The van der Waals surface area contributed by atoms with E-state index in [2.05, 4.69) is 16.3 Å². The van der Waals surface area contributed by atoms with Gasteiger partial charge in [0.2, 0.25) is 11.8 Å². The SMILES string of the molecule is Fc1ccc(C2=CCN(Cc3cnc(NCC4CCCCC4)n4nc(-c5ccco5)nc34)CC2)cc1. The van der Waals surface area contributed by atoms with Crippen molar-refractivity contribution in [1.82, 2.24) is 24.5 Å². The van der Waals surface area contributed by atoms with Gasteiger partial charge in [0.25, 0.3) is 0 Å². The lowest BCUT2D eigenvalue weighted by molar-refractivity contribution is 0.294. The summed E-state index contributed by atoms with van der Waals surface area (Å²) in [7, 11) is 0. The van der Waals surface area contributed by atoms with Gasteiger partial charge in [-0.2, -0.15) is 4.52 Å². The van der Waals surface area contributed by atoms with Crippen molar-refractivity contribution in [2.45, 2.75) is 45.1 Å². The molecule has 1 aliphatic heterocycles. The van der Waals surface area contributed by atoms with Crippen LogP contribution in [0.1, 0.15) is 49.7 Å². The van der Waals surface area contributed by atoms with Crippen molar-refractivity contribution in [1.29, 1.82) is 0 Å². The van der Waals surface area contributed by atoms with Gasteiger partial charge in [0, 0.05) is 37.9 Å². The first-order valence-electron chi connectivity index (χ1n) is 12.9. The molecule has 3 aromatic heterocycles. The van der Waals surface area contributed by atoms with Crippen molar-refractivity contribution in [2.24, 2.45) is 5.92 Å². The van der Waals surface area contributed by atoms with E-state index in [1.165, 1.54) is 49.8 Å². The van der Waals surface area contributed by atoms with Crippen LogP contribution < -0.4 is 5.32 Å². The van der Waals surface area contributed by atoms with Gasteiger partial charge in [-0.3, -0.25) is 4.90 Å². The molecule has 1 fully saturated rings. The van der Waals surface area contributed by atoms with Crippen molar-refractivity contribution in [2.75, 3.05) is 25.0 Å². The summed E-state index contributed by atoms with van der Waals surface area (Å²) in [6.07, 6.45) is 13.2. The van der Waals surface area contributed by atoms with Gasteiger partial charge in [0.05, 0.1) is 6.26 Å². The molecule has 0 unspecified atom stereocenters. The summed E-state index contributed by atoms with van der Waals surface area (Å²) in [6, 6.07) is 10.5. The van der Waals surface area contributed by atoms with E-state index in [0.717, 1.165) is 55.3 Å². The van der Waals surface area contributed by atoms with E-state index in [1.807, 2.05) is 35.0 Å².